The number of aliphatic carboxylic acids is 1. The fourth-order valence-electron chi connectivity index (χ4n) is 2.20. The molecular weight excluding hydrogens is 242 g/mol. The maximum atomic E-state index is 12.4. The Kier molecular flexibility index (Phi) is 3.18. The Hall–Kier alpha value is -2.10. The van der Waals surface area contributed by atoms with Crippen LogP contribution in [0.3, 0.4) is 0 Å². The van der Waals surface area contributed by atoms with Crippen LogP contribution in [0.1, 0.15) is 36.3 Å². The molecule has 1 aromatic heterocycles. The number of H-pyrrole nitrogens is 1. The summed E-state index contributed by atoms with van der Waals surface area (Å²) in [5, 5.41) is 9.96. The molecule has 0 aliphatic carbocycles. The number of benzene rings is 1. The van der Waals surface area contributed by atoms with E-state index in [1.807, 2.05) is 31.2 Å². The topological polar surface area (TPSA) is 70.2 Å². The molecule has 0 saturated carbocycles. The molecule has 19 heavy (non-hydrogen) atoms. The van der Waals surface area contributed by atoms with Crippen molar-refractivity contribution in [2.45, 2.75) is 27.2 Å². The van der Waals surface area contributed by atoms with Gasteiger partial charge in [0.2, 0.25) is 0 Å². The fraction of sp³-hybridized carbons (Fsp3) is 0.333. The molecule has 100 valence electrons. The van der Waals surface area contributed by atoms with Gasteiger partial charge in [0.1, 0.15) is 0 Å². The summed E-state index contributed by atoms with van der Waals surface area (Å²) in [7, 11) is 0. The molecule has 0 fully saturated rings. The average Bonchev–Trinajstić information content (AvgIpc) is 2.63. The first-order valence-electron chi connectivity index (χ1n) is 6.17. The first-order valence-corrected chi connectivity index (χ1v) is 6.17. The molecule has 0 saturated heterocycles. The van der Waals surface area contributed by atoms with E-state index in [2.05, 4.69) is 4.98 Å². The van der Waals surface area contributed by atoms with E-state index in [1.54, 1.807) is 13.8 Å². The molecule has 0 unspecified atom stereocenters. The first kappa shape index (κ1) is 13.3. The fourth-order valence-corrected chi connectivity index (χ4v) is 2.20. The maximum Gasteiger partial charge on any atom is 0.309 e. The van der Waals surface area contributed by atoms with Gasteiger partial charge in [-0.25, -0.2) is 0 Å². The van der Waals surface area contributed by atoms with E-state index in [1.165, 1.54) is 0 Å². The largest absolute Gasteiger partial charge is 0.481 e. The highest BCUT2D eigenvalue weighted by molar-refractivity contribution is 6.10. The van der Waals surface area contributed by atoms with Crippen LogP contribution in [-0.4, -0.2) is 21.8 Å². The Balaban J connectivity index is 2.42. The third kappa shape index (κ3) is 2.38. The number of carbonyl (C=O) groups excluding carboxylic acids is 1. The minimum atomic E-state index is -1.05. The molecule has 0 radical (unpaired) electrons. The van der Waals surface area contributed by atoms with Gasteiger partial charge in [-0.15, -0.1) is 0 Å². The molecule has 0 amide bonds. The van der Waals surface area contributed by atoms with Crippen LogP contribution in [0.25, 0.3) is 10.9 Å². The van der Waals surface area contributed by atoms with Crippen LogP contribution in [0.5, 0.6) is 0 Å². The summed E-state index contributed by atoms with van der Waals surface area (Å²) in [6, 6.07) is 7.55. The number of rotatable bonds is 4. The summed E-state index contributed by atoms with van der Waals surface area (Å²) in [5.41, 5.74) is 1.23. The lowest BCUT2D eigenvalue weighted by Gasteiger charge is -2.17. The van der Waals surface area contributed by atoms with E-state index in [4.69, 9.17) is 5.11 Å². The lowest BCUT2D eigenvalue weighted by molar-refractivity contribution is -0.146. The number of hydrogen-bond acceptors (Lipinski definition) is 2. The van der Waals surface area contributed by atoms with Crippen molar-refractivity contribution < 1.29 is 14.7 Å². The summed E-state index contributed by atoms with van der Waals surface area (Å²) in [6.45, 7) is 4.97. The normalized spacial score (nSPS) is 11.7. The molecule has 4 nitrogen and oxygen atoms in total. The highest BCUT2D eigenvalue weighted by Gasteiger charge is 2.31. The van der Waals surface area contributed by atoms with Crippen molar-refractivity contribution in [1.29, 1.82) is 0 Å². The molecule has 1 aromatic carbocycles. The molecule has 0 atom stereocenters. The monoisotopic (exact) mass is 259 g/mol. The SMILES string of the molecule is Cc1[nH]c2ccccc2c1C(=O)CC(C)(C)C(=O)O. The van der Waals surface area contributed by atoms with E-state index >= 15 is 0 Å². The van der Waals surface area contributed by atoms with Crippen molar-refractivity contribution in [3.8, 4) is 0 Å². The Morgan fingerprint density at radius 1 is 1.26 bits per heavy atom. The number of aromatic nitrogens is 1. The summed E-state index contributed by atoms with van der Waals surface area (Å²) in [6.07, 6.45) is -0.00891. The Labute approximate surface area is 111 Å². The van der Waals surface area contributed by atoms with Gasteiger partial charge in [0.05, 0.1) is 5.41 Å². The van der Waals surface area contributed by atoms with Crippen LogP contribution in [0.4, 0.5) is 0 Å². The Bertz CT molecular complexity index is 652. The van der Waals surface area contributed by atoms with Gasteiger partial charge in [0.15, 0.2) is 5.78 Å². The number of fused-ring (bicyclic) bond motifs is 1. The lowest BCUT2D eigenvalue weighted by atomic mass is 9.85. The third-order valence-corrected chi connectivity index (χ3v) is 3.35. The number of carboxylic acids is 1. The third-order valence-electron chi connectivity index (χ3n) is 3.35. The van der Waals surface area contributed by atoms with E-state index in [0.717, 1.165) is 16.6 Å². The number of ketones is 1. The summed E-state index contributed by atoms with van der Waals surface area (Å²) in [4.78, 5) is 26.6. The highest BCUT2D eigenvalue weighted by Crippen LogP contribution is 2.28. The number of para-hydroxylation sites is 1. The summed E-state index contributed by atoms with van der Waals surface area (Å²) >= 11 is 0. The van der Waals surface area contributed by atoms with Crippen molar-refractivity contribution >= 4 is 22.7 Å². The van der Waals surface area contributed by atoms with Crippen LogP contribution >= 0.6 is 0 Å². The molecule has 1 heterocycles. The van der Waals surface area contributed by atoms with E-state index in [9.17, 15) is 9.59 Å². The predicted molar refractivity (Wildman–Crippen MR) is 73.4 cm³/mol. The average molecular weight is 259 g/mol. The molecule has 0 aliphatic rings. The second-order valence-electron chi connectivity index (χ2n) is 5.46. The minimum absolute atomic E-state index is 0.00891. The minimum Gasteiger partial charge on any atom is -0.481 e. The number of carbonyl (C=O) groups is 2. The number of Topliss-reactive ketones (excluding diaryl/α,β-unsaturated/α-hetero) is 1. The van der Waals surface area contributed by atoms with Crippen LogP contribution in [-0.2, 0) is 4.79 Å². The zero-order valence-corrected chi connectivity index (χ0v) is 11.3. The zero-order chi connectivity index (χ0) is 14.2. The smallest absolute Gasteiger partial charge is 0.309 e. The Morgan fingerprint density at radius 2 is 1.89 bits per heavy atom. The first-order chi connectivity index (χ1) is 8.83. The molecule has 2 rings (SSSR count). The van der Waals surface area contributed by atoms with Crippen molar-refractivity contribution in [2.24, 2.45) is 5.41 Å². The molecule has 2 N–H and O–H groups in total. The quantitative estimate of drug-likeness (QED) is 0.828. The number of carboxylic acid groups (broad SMARTS) is 1. The van der Waals surface area contributed by atoms with Gasteiger partial charge in [0, 0.05) is 28.6 Å². The number of aromatic amines is 1. The van der Waals surface area contributed by atoms with Crippen LogP contribution < -0.4 is 0 Å². The maximum absolute atomic E-state index is 12.4. The molecule has 2 aromatic rings. The van der Waals surface area contributed by atoms with Gasteiger partial charge >= 0.3 is 5.97 Å². The number of nitrogens with one attached hydrogen (secondary N) is 1. The summed E-state index contributed by atoms with van der Waals surface area (Å²) < 4.78 is 0. The Morgan fingerprint density at radius 3 is 2.53 bits per heavy atom. The van der Waals surface area contributed by atoms with E-state index in [0.29, 0.717) is 5.56 Å². The van der Waals surface area contributed by atoms with Gasteiger partial charge < -0.3 is 10.1 Å². The van der Waals surface area contributed by atoms with Crippen molar-refractivity contribution in [3.63, 3.8) is 0 Å². The van der Waals surface area contributed by atoms with Crippen LogP contribution in [0.15, 0.2) is 24.3 Å². The standard InChI is InChI=1S/C15H17NO3/c1-9-13(10-6-4-5-7-11(10)16-9)12(17)8-15(2,3)14(18)19/h4-7,16H,8H2,1-3H3,(H,18,19). The van der Waals surface area contributed by atoms with Crippen molar-refractivity contribution in [1.82, 2.24) is 4.98 Å². The van der Waals surface area contributed by atoms with Gasteiger partial charge in [-0.3, -0.25) is 9.59 Å². The van der Waals surface area contributed by atoms with Crippen LogP contribution in [0.2, 0.25) is 0 Å². The number of aryl methyl sites for hydroxylation is 1. The molecule has 4 heteroatoms. The number of hydrogen-bond donors (Lipinski definition) is 2. The van der Waals surface area contributed by atoms with Gasteiger partial charge in [0.25, 0.3) is 0 Å². The molecular formula is C15H17NO3. The molecule has 0 spiro atoms. The zero-order valence-electron chi connectivity index (χ0n) is 11.3. The lowest BCUT2D eigenvalue weighted by Crippen LogP contribution is -2.27. The van der Waals surface area contributed by atoms with E-state index in [-0.39, 0.29) is 12.2 Å². The second-order valence-corrected chi connectivity index (χ2v) is 5.46. The van der Waals surface area contributed by atoms with Gasteiger partial charge in [-0.2, -0.15) is 0 Å². The predicted octanol–water partition coefficient (Wildman–Crippen LogP) is 3.16. The van der Waals surface area contributed by atoms with Crippen LogP contribution in [0, 0.1) is 12.3 Å². The summed E-state index contributed by atoms with van der Waals surface area (Å²) in [5.74, 6) is -1.10. The molecule has 0 bridgehead atoms. The van der Waals surface area contributed by atoms with Gasteiger partial charge in [-0.05, 0) is 26.8 Å². The van der Waals surface area contributed by atoms with E-state index < -0.39 is 11.4 Å². The second kappa shape index (κ2) is 4.53. The highest BCUT2D eigenvalue weighted by atomic mass is 16.4. The van der Waals surface area contributed by atoms with Crippen molar-refractivity contribution in [2.75, 3.05) is 0 Å². The van der Waals surface area contributed by atoms with Gasteiger partial charge in [-0.1, -0.05) is 18.2 Å². The van der Waals surface area contributed by atoms with Crippen molar-refractivity contribution in [3.05, 3.63) is 35.5 Å². The molecule has 0 aliphatic heterocycles.